The van der Waals surface area contributed by atoms with Crippen molar-refractivity contribution in [3.63, 3.8) is 0 Å². The van der Waals surface area contributed by atoms with Crippen LogP contribution in [0.25, 0.3) is 0 Å². The number of nitro groups is 1. The smallest absolute Gasteiger partial charge is 0.343 e. The van der Waals surface area contributed by atoms with E-state index in [2.05, 4.69) is 10.1 Å². The number of rotatable bonds is 6. The summed E-state index contributed by atoms with van der Waals surface area (Å²) < 4.78 is 18.4. The molecule has 0 radical (unpaired) electrons. The fraction of sp³-hybridized carbons (Fsp3) is 0.364. The number of nitro benzene ring substituents is 1. The lowest BCUT2D eigenvalue weighted by Gasteiger charge is -2.13. The highest BCUT2D eigenvalue weighted by Crippen LogP contribution is 2.28. The van der Waals surface area contributed by atoms with Gasteiger partial charge in [0.15, 0.2) is 0 Å². The Balaban J connectivity index is 3.20. The van der Waals surface area contributed by atoms with Crippen LogP contribution in [-0.4, -0.2) is 41.6 Å². The zero-order valence-electron chi connectivity index (χ0n) is 10.4. The first-order chi connectivity index (χ1) is 9.42. The number of nitrogens with one attached hydrogen (secondary N) is 1. The van der Waals surface area contributed by atoms with Gasteiger partial charge < -0.3 is 15.2 Å². The van der Waals surface area contributed by atoms with E-state index in [1.165, 1.54) is 0 Å². The van der Waals surface area contributed by atoms with E-state index in [1.807, 2.05) is 0 Å². The van der Waals surface area contributed by atoms with Gasteiger partial charge in [-0.15, -0.1) is 11.6 Å². The fourth-order valence-corrected chi connectivity index (χ4v) is 1.55. The van der Waals surface area contributed by atoms with E-state index < -0.39 is 34.1 Å². The highest BCUT2D eigenvalue weighted by Gasteiger charge is 2.26. The molecule has 1 rings (SSSR count). The van der Waals surface area contributed by atoms with Gasteiger partial charge in [-0.1, -0.05) is 0 Å². The van der Waals surface area contributed by atoms with E-state index >= 15 is 0 Å². The van der Waals surface area contributed by atoms with Crippen molar-refractivity contribution in [2.45, 2.75) is 6.10 Å². The Morgan fingerprint density at radius 3 is 2.80 bits per heavy atom. The molecule has 1 unspecified atom stereocenters. The van der Waals surface area contributed by atoms with E-state index in [1.54, 1.807) is 0 Å². The molecule has 0 spiro atoms. The van der Waals surface area contributed by atoms with Crippen molar-refractivity contribution >= 4 is 28.9 Å². The number of alkyl halides is 1. The summed E-state index contributed by atoms with van der Waals surface area (Å²) in [6, 6.07) is 2.08. The monoisotopic (exact) mass is 306 g/mol. The van der Waals surface area contributed by atoms with E-state index in [4.69, 9.17) is 11.6 Å². The van der Waals surface area contributed by atoms with Gasteiger partial charge in [0, 0.05) is 12.6 Å². The molecule has 1 aromatic carbocycles. The Morgan fingerprint density at radius 2 is 2.30 bits per heavy atom. The molecule has 0 aliphatic rings. The van der Waals surface area contributed by atoms with Crippen LogP contribution in [0.5, 0.6) is 0 Å². The first-order valence-electron chi connectivity index (χ1n) is 5.45. The Morgan fingerprint density at radius 1 is 1.65 bits per heavy atom. The molecule has 0 bridgehead atoms. The summed E-state index contributed by atoms with van der Waals surface area (Å²) >= 11 is 5.40. The third kappa shape index (κ3) is 3.55. The van der Waals surface area contributed by atoms with E-state index in [9.17, 15) is 24.4 Å². The van der Waals surface area contributed by atoms with Gasteiger partial charge in [-0.05, 0) is 6.07 Å². The van der Waals surface area contributed by atoms with Crippen molar-refractivity contribution in [1.29, 1.82) is 0 Å². The Bertz CT molecular complexity index is 526. The van der Waals surface area contributed by atoms with Gasteiger partial charge in [0.25, 0.3) is 0 Å². The molecule has 0 saturated heterocycles. The van der Waals surface area contributed by atoms with Gasteiger partial charge in [-0.3, -0.25) is 10.1 Å². The van der Waals surface area contributed by atoms with Gasteiger partial charge in [0.2, 0.25) is 5.82 Å². The first-order valence-corrected chi connectivity index (χ1v) is 5.98. The molecule has 0 fully saturated rings. The molecule has 1 aromatic rings. The minimum Gasteiger partial charge on any atom is -0.465 e. The van der Waals surface area contributed by atoms with Crippen LogP contribution in [-0.2, 0) is 4.74 Å². The van der Waals surface area contributed by atoms with Crippen molar-refractivity contribution in [1.82, 2.24) is 0 Å². The number of nitrogens with zero attached hydrogens (tertiary/aromatic N) is 1. The third-order valence-corrected chi connectivity index (χ3v) is 2.77. The molecule has 0 aliphatic heterocycles. The summed E-state index contributed by atoms with van der Waals surface area (Å²) in [7, 11) is 1.03. The summed E-state index contributed by atoms with van der Waals surface area (Å²) in [5.74, 6) is -2.42. The molecule has 0 saturated carbocycles. The quantitative estimate of drug-likeness (QED) is 0.358. The Hall–Kier alpha value is -1.93. The number of hydrogen-bond acceptors (Lipinski definition) is 6. The number of carbonyl (C=O) groups is 1. The Labute approximate surface area is 118 Å². The number of ether oxygens (including phenoxy) is 1. The van der Waals surface area contributed by atoms with Crippen LogP contribution in [0.3, 0.4) is 0 Å². The highest BCUT2D eigenvalue weighted by atomic mass is 35.5. The number of hydrogen-bond donors (Lipinski definition) is 2. The number of methoxy groups -OCH3 is 1. The summed E-state index contributed by atoms with van der Waals surface area (Å²) in [5.41, 5.74) is -1.46. The largest absolute Gasteiger partial charge is 0.465 e. The number of halogens is 2. The van der Waals surface area contributed by atoms with Gasteiger partial charge in [0.05, 0.1) is 29.7 Å². The zero-order valence-corrected chi connectivity index (χ0v) is 11.2. The van der Waals surface area contributed by atoms with E-state index in [0.717, 1.165) is 19.2 Å². The first kappa shape index (κ1) is 16.1. The molecular formula is C11H12ClFN2O5. The lowest BCUT2D eigenvalue weighted by atomic mass is 10.1. The maximum atomic E-state index is 14.0. The lowest BCUT2D eigenvalue weighted by molar-refractivity contribution is -0.387. The van der Waals surface area contributed by atoms with Gasteiger partial charge in [-0.25, -0.2) is 4.79 Å². The summed E-state index contributed by atoms with van der Waals surface area (Å²) in [6.07, 6.45) is -0.916. The number of carbonyl (C=O) groups excluding carboxylic acids is 1. The number of aliphatic hydroxyl groups is 1. The molecule has 7 nitrogen and oxygen atoms in total. The third-order valence-electron chi connectivity index (χ3n) is 2.41. The van der Waals surface area contributed by atoms with Gasteiger partial charge in [0.1, 0.15) is 5.56 Å². The van der Waals surface area contributed by atoms with Crippen molar-refractivity contribution in [2.24, 2.45) is 0 Å². The van der Waals surface area contributed by atoms with Crippen LogP contribution in [0, 0.1) is 15.9 Å². The molecule has 110 valence electrons. The second kappa shape index (κ2) is 7.01. The molecule has 0 heterocycles. The van der Waals surface area contributed by atoms with E-state index in [-0.39, 0.29) is 18.1 Å². The Kier molecular flexibility index (Phi) is 5.66. The van der Waals surface area contributed by atoms with Crippen LogP contribution in [0.2, 0.25) is 0 Å². The molecular weight excluding hydrogens is 295 g/mol. The fourth-order valence-electron chi connectivity index (χ4n) is 1.44. The molecule has 9 heteroatoms. The van der Waals surface area contributed by atoms with Crippen LogP contribution in [0.15, 0.2) is 12.1 Å². The molecule has 0 amide bonds. The topological polar surface area (TPSA) is 102 Å². The van der Waals surface area contributed by atoms with Crippen LogP contribution in [0.4, 0.5) is 15.8 Å². The van der Waals surface area contributed by atoms with Crippen LogP contribution < -0.4 is 5.32 Å². The van der Waals surface area contributed by atoms with Crippen LogP contribution in [0.1, 0.15) is 10.4 Å². The SMILES string of the molecule is COC(=O)c1c(NCC(O)CCl)ccc([N+](=O)[O-])c1F. The summed E-state index contributed by atoms with van der Waals surface area (Å²) in [6.45, 7) is -0.0508. The minimum absolute atomic E-state index is 0.0240. The molecule has 0 aromatic heterocycles. The number of benzene rings is 1. The molecule has 0 aliphatic carbocycles. The van der Waals surface area contributed by atoms with Crippen molar-refractivity contribution < 1.29 is 24.0 Å². The van der Waals surface area contributed by atoms with E-state index in [0.29, 0.717) is 0 Å². The maximum Gasteiger partial charge on any atom is 0.343 e. The molecule has 1 atom stereocenters. The van der Waals surface area contributed by atoms with Gasteiger partial charge in [-0.2, -0.15) is 4.39 Å². The maximum absolute atomic E-state index is 14.0. The summed E-state index contributed by atoms with van der Waals surface area (Å²) in [4.78, 5) is 21.2. The second-order valence-corrected chi connectivity index (χ2v) is 4.07. The van der Waals surface area contributed by atoms with Crippen molar-refractivity contribution in [2.75, 3.05) is 24.9 Å². The predicted molar refractivity (Wildman–Crippen MR) is 69.6 cm³/mol. The number of anilines is 1. The van der Waals surface area contributed by atoms with Crippen molar-refractivity contribution in [3.05, 3.63) is 33.6 Å². The van der Waals surface area contributed by atoms with Crippen molar-refractivity contribution in [3.8, 4) is 0 Å². The minimum atomic E-state index is -1.30. The number of aliphatic hydroxyl groups excluding tert-OH is 1. The predicted octanol–water partition coefficient (Wildman–Crippen LogP) is 1.53. The second-order valence-electron chi connectivity index (χ2n) is 3.76. The van der Waals surface area contributed by atoms with Gasteiger partial charge >= 0.3 is 11.7 Å². The zero-order chi connectivity index (χ0) is 15.3. The van der Waals surface area contributed by atoms with Crippen LogP contribution >= 0.6 is 11.6 Å². The number of esters is 1. The highest BCUT2D eigenvalue weighted by molar-refractivity contribution is 6.18. The average molecular weight is 307 g/mol. The average Bonchev–Trinajstić information content (AvgIpc) is 2.43. The normalized spacial score (nSPS) is 11.8. The summed E-state index contributed by atoms with van der Waals surface area (Å²) in [5, 5.41) is 22.5. The standard InChI is InChI=1S/C11H12ClFN2O5/c1-20-11(17)9-7(14-5-6(16)4-12)2-3-8(10(9)13)15(18)19/h2-3,6,14,16H,4-5H2,1H3. The molecule has 2 N–H and O–H groups in total. The molecule has 20 heavy (non-hydrogen) atoms. The lowest BCUT2D eigenvalue weighted by Crippen LogP contribution is -2.22.